The summed E-state index contributed by atoms with van der Waals surface area (Å²) < 4.78 is 0. The van der Waals surface area contributed by atoms with E-state index in [0.29, 0.717) is 11.7 Å². The normalized spacial score (nSPS) is 19.9. The van der Waals surface area contributed by atoms with Crippen LogP contribution in [-0.2, 0) is 4.79 Å². The van der Waals surface area contributed by atoms with Gasteiger partial charge in [0, 0.05) is 7.05 Å². The van der Waals surface area contributed by atoms with Crippen molar-refractivity contribution in [2.75, 3.05) is 13.6 Å². The molecule has 0 aromatic carbocycles. The average Bonchev–Trinajstić information content (AvgIpc) is 1.80. The minimum absolute atomic E-state index is 0.0851. The van der Waals surface area contributed by atoms with Gasteiger partial charge in [0.1, 0.15) is 0 Å². The number of carbonyl (C=O) groups is 1. The van der Waals surface area contributed by atoms with Gasteiger partial charge in [0.25, 0.3) is 0 Å². The van der Waals surface area contributed by atoms with Crippen LogP contribution in [0.2, 0.25) is 0 Å². The molecule has 0 radical (unpaired) electrons. The first-order valence-corrected chi connectivity index (χ1v) is 2.92. The summed E-state index contributed by atoms with van der Waals surface area (Å²) in [6.07, 6.45) is 0. The highest BCUT2D eigenvalue weighted by Crippen LogP contribution is 1.84. The Balaban J connectivity index is 2.54. The van der Waals surface area contributed by atoms with Crippen LogP contribution in [0.3, 0.4) is 0 Å². The van der Waals surface area contributed by atoms with Crippen LogP contribution in [0.1, 0.15) is 0 Å². The van der Waals surface area contributed by atoms with Gasteiger partial charge in [0.2, 0.25) is 5.91 Å². The molecule has 0 aromatic heterocycles. The van der Waals surface area contributed by atoms with E-state index < -0.39 is 0 Å². The SMILES string of the molecule is CN1NCC(=O)NC1=S. The highest BCUT2D eigenvalue weighted by Gasteiger charge is 2.14. The Kier molecular flexibility index (Phi) is 1.63. The molecule has 0 saturated carbocycles. The van der Waals surface area contributed by atoms with Gasteiger partial charge in [-0.2, -0.15) is 0 Å². The zero-order valence-electron chi connectivity index (χ0n) is 4.97. The summed E-state index contributed by atoms with van der Waals surface area (Å²) in [6, 6.07) is 0. The number of hydrazine groups is 1. The van der Waals surface area contributed by atoms with Gasteiger partial charge in [-0.05, 0) is 12.2 Å². The van der Waals surface area contributed by atoms with Crippen LogP contribution in [-0.4, -0.2) is 29.6 Å². The van der Waals surface area contributed by atoms with Crippen molar-refractivity contribution in [2.24, 2.45) is 0 Å². The fourth-order valence-corrected chi connectivity index (χ4v) is 0.688. The van der Waals surface area contributed by atoms with E-state index in [4.69, 9.17) is 12.2 Å². The molecule has 1 amide bonds. The molecule has 5 heteroatoms. The molecule has 0 bridgehead atoms. The van der Waals surface area contributed by atoms with Crippen LogP contribution in [0.4, 0.5) is 0 Å². The summed E-state index contributed by atoms with van der Waals surface area (Å²) >= 11 is 4.74. The van der Waals surface area contributed by atoms with Crippen molar-refractivity contribution in [1.82, 2.24) is 15.8 Å². The first-order valence-electron chi connectivity index (χ1n) is 2.51. The predicted molar refractivity (Wildman–Crippen MR) is 36.5 cm³/mol. The number of carbonyl (C=O) groups excluding carboxylic acids is 1. The average molecular weight is 145 g/mol. The zero-order valence-corrected chi connectivity index (χ0v) is 5.79. The topological polar surface area (TPSA) is 44.4 Å². The Morgan fingerprint density at radius 3 is 2.89 bits per heavy atom. The van der Waals surface area contributed by atoms with E-state index in [1.165, 1.54) is 0 Å². The molecule has 0 atom stereocenters. The molecule has 1 saturated heterocycles. The van der Waals surface area contributed by atoms with Crippen molar-refractivity contribution < 1.29 is 4.79 Å². The molecule has 0 aromatic rings. The minimum atomic E-state index is -0.0851. The lowest BCUT2D eigenvalue weighted by Gasteiger charge is -2.25. The van der Waals surface area contributed by atoms with Gasteiger partial charge in [-0.25, -0.2) is 5.43 Å². The fourth-order valence-electron chi connectivity index (χ4n) is 0.510. The first-order chi connectivity index (χ1) is 4.20. The molecular formula is C4H7N3OS. The van der Waals surface area contributed by atoms with Crippen molar-refractivity contribution in [1.29, 1.82) is 0 Å². The number of nitrogens with one attached hydrogen (secondary N) is 2. The Hall–Kier alpha value is -0.680. The maximum atomic E-state index is 10.5. The van der Waals surface area contributed by atoms with Crippen LogP contribution >= 0.6 is 12.2 Å². The van der Waals surface area contributed by atoms with Crippen LogP contribution in [0.15, 0.2) is 0 Å². The Morgan fingerprint density at radius 2 is 2.44 bits per heavy atom. The molecule has 1 rings (SSSR count). The van der Waals surface area contributed by atoms with Crippen LogP contribution in [0.5, 0.6) is 0 Å². The van der Waals surface area contributed by atoms with Crippen LogP contribution in [0.25, 0.3) is 0 Å². The number of hydrogen-bond acceptors (Lipinski definition) is 3. The summed E-state index contributed by atoms with van der Waals surface area (Å²) in [5, 5.41) is 4.50. The van der Waals surface area contributed by atoms with Crippen molar-refractivity contribution in [3.63, 3.8) is 0 Å². The second-order valence-corrected chi connectivity index (χ2v) is 2.13. The number of hydrogen-bond donors (Lipinski definition) is 2. The van der Waals surface area contributed by atoms with Gasteiger partial charge in [0.15, 0.2) is 5.11 Å². The molecule has 4 nitrogen and oxygen atoms in total. The van der Waals surface area contributed by atoms with E-state index in [0.717, 1.165) is 0 Å². The lowest BCUT2D eigenvalue weighted by molar-refractivity contribution is -0.120. The third kappa shape index (κ3) is 1.36. The summed E-state index contributed by atoms with van der Waals surface area (Å²) in [4.78, 5) is 10.5. The fraction of sp³-hybridized carbons (Fsp3) is 0.500. The van der Waals surface area contributed by atoms with E-state index >= 15 is 0 Å². The van der Waals surface area contributed by atoms with E-state index in [2.05, 4.69) is 10.7 Å². The third-order valence-corrected chi connectivity index (χ3v) is 1.40. The van der Waals surface area contributed by atoms with E-state index in [1.54, 1.807) is 12.1 Å². The van der Waals surface area contributed by atoms with Crippen molar-refractivity contribution in [3.05, 3.63) is 0 Å². The highest BCUT2D eigenvalue weighted by atomic mass is 32.1. The van der Waals surface area contributed by atoms with Crippen molar-refractivity contribution >= 4 is 23.2 Å². The third-order valence-electron chi connectivity index (χ3n) is 1.03. The maximum absolute atomic E-state index is 10.5. The number of rotatable bonds is 0. The van der Waals surface area contributed by atoms with Gasteiger partial charge in [-0.1, -0.05) is 0 Å². The quantitative estimate of drug-likeness (QED) is 0.422. The van der Waals surface area contributed by atoms with E-state index in [9.17, 15) is 4.79 Å². The second-order valence-electron chi connectivity index (χ2n) is 1.75. The summed E-state index contributed by atoms with van der Waals surface area (Å²) in [7, 11) is 1.75. The zero-order chi connectivity index (χ0) is 6.85. The van der Waals surface area contributed by atoms with Gasteiger partial charge >= 0.3 is 0 Å². The molecule has 1 heterocycles. The molecule has 9 heavy (non-hydrogen) atoms. The lowest BCUT2D eigenvalue weighted by atomic mass is 10.5. The molecule has 0 unspecified atom stereocenters. The van der Waals surface area contributed by atoms with Crippen LogP contribution in [0, 0.1) is 0 Å². The van der Waals surface area contributed by atoms with Crippen molar-refractivity contribution in [2.45, 2.75) is 0 Å². The Labute approximate surface area is 58.2 Å². The molecule has 1 fully saturated rings. The second kappa shape index (κ2) is 2.28. The van der Waals surface area contributed by atoms with Crippen molar-refractivity contribution in [3.8, 4) is 0 Å². The van der Waals surface area contributed by atoms with Gasteiger partial charge < -0.3 is 5.32 Å². The maximum Gasteiger partial charge on any atom is 0.241 e. The molecule has 2 N–H and O–H groups in total. The first kappa shape index (κ1) is 6.44. The predicted octanol–water partition coefficient (Wildman–Crippen LogP) is -1.16. The van der Waals surface area contributed by atoms with Crippen LogP contribution < -0.4 is 10.7 Å². The Morgan fingerprint density at radius 1 is 1.78 bits per heavy atom. The largest absolute Gasteiger partial charge is 0.301 e. The molecular weight excluding hydrogens is 138 g/mol. The molecule has 0 spiro atoms. The van der Waals surface area contributed by atoms with E-state index in [1.807, 2.05) is 0 Å². The summed E-state index contributed by atoms with van der Waals surface area (Å²) in [5.41, 5.74) is 2.76. The molecule has 0 aliphatic carbocycles. The number of thiocarbonyl (C=S) groups is 1. The molecule has 50 valence electrons. The monoisotopic (exact) mass is 145 g/mol. The smallest absolute Gasteiger partial charge is 0.241 e. The molecule has 1 aliphatic rings. The summed E-state index contributed by atoms with van der Waals surface area (Å²) in [6.45, 7) is 0.302. The van der Waals surface area contributed by atoms with E-state index in [-0.39, 0.29) is 5.91 Å². The standard InChI is InChI=1S/C4H7N3OS/c1-7-4(9)6-3(8)2-5-7/h5H,2H2,1H3,(H,6,8,9). The number of amides is 1. The number of nitrogens with zero attached hydrogens (tertiary/aromatic N) is 1. The molecule has 1 aliphatic heterocycles. The van der Waals surface area contributed by atoms with Gasteiger partial charge in [-0.3, -0.25) is 9.80 Å². The minimum Gasteiger partial charge on any atom is -0.301 e. The highest BCUT2D eigenvalue weighted by molar-refractivity contribution is 7.80. The van der Waals surface area contributed by atoms with Gasteiger partial charge in [-0.15, -0.1) is 0 Å². The lowest BCUT2D eigenvalue weighted by Crippen LogP contribution is -2.56. The Bertz CT molecular complexity index is 158. The summed E-state index contributed by atoms with van der Waals surface area (Å²) in [5.74, 6) is -0.0851. The van der Waals surface area contributed by atoms with Gasteiger partial charge in [0.05, 0.1) is 6.54 Å².